The van der Waals surface area contributed by atoms with E-state index in [1.54, 1.807) is 0 Å². The molecule has 4 heteroatoms. The van der Waals surface area contributed by atoms with Gasteiger partial charge in [-0.3, -0.25) is 4.79 Å². The van der Waals surface area contributed by atoms with Crippen molar-refractivity contribution in [3.8, 4) is 0 Å². The maximum absolute atomic E-state index is 11.2. The summed E-state index contributed by atoms with van der Waals surface area (Å²) in [5, 5.41) is 11.1. The van der Waals surface area contributed by atoms with E-state index in [1.165, 1.54) is 16.7 Å². The number of amides is 1. The maximum atomic E-state index is 11.2. The predicted octanol–water partition coefficient (Wildman–Crippen LogP) is 2.22. The van der Waals surface area contributed by atoms with Crippen LogP contribution in [-0.4, -0.2) is 22.5 Å². The summed E-state index contributed by atoms with van der Waals surface area (Å²) in [5.41, 5.74) is 3.11. The third-order valence-corrected chi connectivity index (χ3v) is 3.17. The summed E-state index contributed by atoms with van der Waals surface area (Å²) in [6, 6.07) is 6.27. The molecule has 0 atom stereocenters. The van der Waals surface area contributed by atoms with Gasteiger partial charge >= 0.3 is 11.9 Å². The van der Waals surface area contributed by atoms with Gasteiger partial charge in [0.1, 0.15) is 0 Å². The molecule has 1 rings (SSSR count). The Hall–Kier alpha value is -1.84. The molecule has 0 aromatic heterocycles. The minimum absolute atomic E-state index is 0.536. The fourth-order valence-corrected chi connectivity index (χ4v) is 1.94. The quantitative estimate of drug-likeness (QED) is 0.818. The Morgan fingerprint density at radius 1 is 1.26 bits per heavy atom. The Morgan fingerprint density at radius 3 is 2.47 bits per heavy atom. The number of carboxylic acids is 1. The van der Waals surface area contributed by atoms with Crippen LogP contribution >= 0.6 is 0 Å². The first-order valence-corrected chi connectivity index (χ1v) is 6.33. The average molecular weight is 263 g/mol. The van der Waals surface area contributed by atoms with Gasteiger partial charge in [-0.25, -0.2) is 4.79 Å². The molecule has 0 radical (unpaired) electrons. The summed E-state index contributed by atoms with van der Waals surface area (Å²) < 4.78 is 0. The molecule has 4 nitrogen and oxygen atoms in total. The van der Waals surface area contributed by atoms with Gasteiger partial charge in [-0.05, 0) is 51.7 Å². The first-order valence-electron chi connectivity index (χ1n) is 6.33. The first kappa shape index (κ1) is 15.2. The molecule has 0 aliphatic carbocycles. The number of hydrogen-bond acceptors (Lipinski definition) is 2. The van der Waals surface area contributed by atoms with Crippen LogP contribution in [0.4, 0.5) is 0 Å². The van der Waals surface area contributed by atoms with E-state index in [2.05, 4.69) is 30.4 Å². The third kappa shape index (κ3) is 4.73. The molecule has 0 unspecified atom stereocenters. The van der Waals surface area contributed by atoms with Crippen LogP contribution in [0.2, 0.25) is 0 Å². The number of benzene rings is 1. The van der Waals surface area contributed by atoms with Crippen molar-refractivity contribution in [2.24, 2.45) is 0 Å². The molecule has 0 bridgehead atoms. The van der Waals surface area contributed by atoms with Gasteiger partial charge in [-0.1, -0.05) is 23.8 Å². The number of aryl methyl sites for hydroxylation is 3. The lowest BCUT2D eigenvalue weighted by atomic mass is 9.92. The van der Waals surface area contributed by atoms with Crippen molar-refractivity contribution < 1.29 is 14.7 Å². The number of rotatable bonds is 4. The van der Waals surface area contributed by atoms with Crippen LogP contribution in [0, 0.1) is 13.8 Å². The Balaban J connectivity index is 2.67. The summed E-state index contributed by atoms with van der Waals surface area (Å²) in [6.45, 7) is 7.76. The number of nitrogens with one attached hydrogen (secondary N) is 1. The molecule has 0 aliphatic heterocycles. The van der Waals surface area contributed by atoms with Crippen LogP contribution in [0.1, 0.15) is 37.0 Å². The second kappa shape index (κ2) is 5.87. The van der Waals surface area contributed by atoms with Gasteiger partial charge in [0, 0.05) is 5.54 Å². The van der Waals surface area contributed by atoms with Crippen LogP contribution < -0.4 is 5.32 Å². The molecule has 1 aromatic carbocycles. The minimum Gasteiger partial charge on any atom is -0.474 e. The molecule has 1 aromatic rings. The Morgan fingerprint density at radius 2 is 1.89 bits per heavy atom. The van der Waals surface area contributed by atoms with E-state index in [0.29, 0.717) is 6.42 Å². The fraction of sp³-hybridized carbons (Fsp3) is 0.467. The highest BCUT2D eigenvalue weighted by molar-refractivity contribution is 6.31. The Labute approximate surface area is 113 Å². The van der Waals surface area contributed by atoms with Crippen LogP contribution in [0.5, 0.6) is 0 Å². The number of hydrogen-bond donors (Lipinski definition) is 2. The SMILES string of the molecule is Cc1ccc(C)c(CCC(C)(C)NC(=O)C(=O)O)c1. The molecule has 1 amide bonds. The standard InChI is InChI=1S/C15H21NO3/c1-10-5-6-11(2)12(9-10)7-8-15(3,4)16-13(17)14(18)19/h5-6,9H,7-8H2,1-4H3,(H,16,17)(H,18,19). The van der Waals surface area contributed by atoms with Crippen LogP contribution in [0.3, 0.4) is 0 Å². The van der Waals surface area contributed by atoms with E-state index in [4.69, 9.17) is 5.11 Å². The van der Waals surface area contributed by atoms with E-state index in [1.807, 2.05) is 20.8 Å². The van der Waals surface area contributed by atoms with Gasteiger partial charge in [-0.15, -0.1) is 0 Å². The first-order chi connectivity index (χ1) is 8.71. The van der Waals surface area contributed by atoms with Crippen LogP contribution in [0.25, 0.3) is 0 Å². The van der Waals surface area contributed by atoms with Crippen molar-refractivity contribution in [2.45, 2.75) is 46.1 Å². The lowest BCUT2D eigenvalue weighted by Gasteiger charge is -2.25. The maximum Gasteiger partial charge on any atom is 0.394 e. The topological polar surface area (TPSA) is 66.4 Å². The van der Waals surface area contributed by atoms with Crippen molar-refractivity contribution in [3.05, 3.63) is 34.9 Å². The highest BCUT2D eigenvalue weighted by atomic mass is 16.4. The van der Waals surface area contributed by atoms with Gasteiger partial charge in [0.05, 0.1) is 0 Å². The number of aliphatic carboxylic acids is 1. The molecule has 0 spiro atoms. The van der Waals surface area contributed by atoms with Gasteiger partial charge in [-0.2, -0.15) is 0 Å². The Kier molecular flexibility index (Phi) is 4.70. The second-order valence-corrected chi connectivity index (χ2v) is 5.57. The van der Waals surface area contributed by atoms with Crippen molar-refractivity contribution in [2.75, 3.05) is 0 Å². The molecule has 2 N–H and O–H groups in total. The summed E-state index contributed by atoms with van der Waals surface area (Å²) in [5.74, 6) is -2.40. The normalized spacial score (nSPS) is 11.2. The van der Waals surface area contributed by atoms with Crippen LogP contribution in [0.15, 0.2) is 18.2 Å². The summed E-state index contributed by atoms with van der Waals surface area (Å²) >= 11 is 0. The van der Waals surface area contributed by atoms with Crippen molar-refractivity contribution in [1.29, 1.82) is 0 Å². The Bertz CT molecular complexity index is 492. The number of carbonyl (C=O) groups is 2. The van der Waals surface area contributed by atoms with Gasteiger partial charge in [0.15, 0.2) is 0 Å². The molecule has 0 fully saturated rings. The van der Waals surface area contributed by atoms with Crippen molar-refractivity contribution in [3.63, 3.8) is 0 Å². The molecule has 0 heterocycles. The lowest BCUT2D eigenvalue weighted by Crippen LogP contribution is -2.46. The number of carbonyl (C=O) groups excluding carboxylic acids is 1. The van der Waals surface area contributed by atoms with Gasteiger partial charge in [0.2, 0.25) is 0 Å². The minimum atomic E-state index is -1.44. The molecule has 0 aliphatic rings. The van der Waals surface area contributed by atoms with Crippen LogP contribution in [-0.2, 0) is 16.0 Å². The molecule has 0 saturated carbocycles. The van der Waals surface area contributed by atoms with Gasteiger partial charge in [0.25, 0.3) is 0 Å². The van der Waals surface area contributed by atoms with Gasteiger partial charge < -0.3 is 10.4 Å². The smallest absolute Gasteiger partial charge is 0.394 e. The average Bonchev–Trinajstić information content (AvgIpc) is 2.29. The third-order valence-electron chi connectivity index (χ3n) is 3.17. The largest absolute Gasteiger partial charge is 0.474 e. The summed E-state index contributed by atoms with van der Waals surface area (Å²) in [6.07, 6.45) is 1.50. The molecular formula is C15H21NO3. The van der Waals surface area contributed by atoms with E-state index < -0.39 is 17.4 Å². The summed E-state index contributed by atoms with van der Waals surface area (Å²) in [4.78, 5) is 21.7. The highest BCUT2D eigenvalue weighted by Gasteiger charge is 2.23. The zero-order valence-corrected chi connectivity index (χ0v) is 11.9. The zero-order valence-electron chi connectivity index (χ0n) is 11.9. The monoisotopic (exact) mass is 263 g/mol. The summed E-state index contributed by atoms with van der Waals surface area (Å²) in [7, 11) is 0. The predicted molar refractivity (Wildman–Crippen MR) is 74.1 cm³/mol. The van der Waals surface area contributed by atoms with Crippen molar-refractivity contribution >= 4 is 11.9 Å². The van der Waals surface area contributed by atoms with E-state index in [0.717, 1.165) is 6.42 Å². The second-order valence-electron chi connectivity index (χ2n) is 5.57. The van der Waals surface area contributed by atoms with E-state index in [9.17, 15) is 9.59 Å². The highest BCUT2D eigenvalue weighted by Crippen LogP contribution is 2.17. The fourth-order valence-electron chi connectivity index (χ4n) is 1.94. The molecule has 19 heavy (non-hydrogen) atoms. The lowest BCUT2D eigenvalue weighted by molar-refractivity contribution is -0.151. The van der Waals surface area contributed by atoms with E-state index >= 15 is 0 Å². The number of carboxylic acid groups (broad SMARTS) is 1. The zero-order chi connectivity index (χ0) is 14.6. The molecule has 104 valence electrons. The molecular weight excluding hydrogens is 242 g/mol. The molecule has 0 saturated heterocycles. The van der Waals surface area contributed by atoms with Crippen molar-refractivity contribution in [1.82, 2.24) is 5.32 Å². The van der Waals surface area contributed by atoms with E-state index in [-0.39, 0.29) is 0 Å².